The molecule has 3 aliphatic rings. The van der Waals surface area contributed by atoms with Gasteiger partial charge in [-0.05, 0) is 79.8 Å². The van der Waals surface area contributed by atoms with E-state index < -0.39 is 11.9 Å². The Morgan fingerprint density at radius 2 is 1.65 bits per heavy atom. The minimum atomic E-state index is -1.08. The number of hydrogen-bond donors (Lipinski definition) is 3. The van der Waals surface area contributed by atoms with E-state index >= 15 is 0 Å². The highest BCUT2D eigenvalue weighted by atomic mass is 32.2. The third-order valence-corrected chi connectivity index (χ3v) is 13.2. The molecular formula is C47H68N2O7S. The number of thioether (sulfide) groups is 1. The number of unbranched alkanes of at least 4 members (excludes halogenated alkanes) is 11. The predicted octanol–water partition coefficient (Wildman–Crippen LogP) is 10.8. The summed E-state index contributed by atoms with van der Waals surface area (Å²) in [4.78, 5) is 19.8. The van der Waals surface area contributed by atoms with Gasteiger partial charge < -0.3 is 34.6 Å². The fraction of sp³-hybridized carbons (Fsp3) is 0.617. The van der Waals surface area contributed by atoms with Crippen LogP contribution in [0.25, 0.3) is 0 Å². The number of ether oxygens (including phenoxy) is 3. The number of carbonyl (C=O) groups is 1. The topological polar surface area (TPSA) is 119 Å². The van der Waals surface area contributed by atoms with E-state index in [0.29, 0.717) is 37.5 Å². The summed E-state index contributed by atoms with van der Waals surface area (Å²) in [6.07, 6.45) is 21.6. The Morgan fingerprint density at radius 1 is 0.947 bits per heavy atom. The molecule has 2 aromatic rings. The van der Waals surface area contributed by atoms with Gasteiger partial charge in [0.25, 0.3) is 0 Å². The van der Waals surface area contributed by atoms with Gasteiger partial charge in [0.1, 0.15) is 18.6 Å². The molecule has 0 bridgehead atoms. The number of aliphatic hydroxyl groups is 2. The van der Waals surface area contributed by atoms with Crippen molar-refractivity contribution in [1.82, 2.24) is 5.32 Å². The minimum absolute atomic E-state index is 0.0872. The zero-order valence-corrected chi connectivity index (χ0v) is 35.3. The third kappa shape index (κ3) is 12.1. The van der Waals surface area contributed by atoms with Crippen LogP contribution in [-0.4, -0.2) is 66.5 Å². The van der Waals surface area contributed by atoms with Crippen molar-refractivity contribution in [3.63, 3.8) is 0 Å². The highest BCUT2D eigenvalue weighted by Crippen LogP contribution is 2.63. The van der Waals surface area contributed by atoms with Crippen molar-refractivity contribution in [2.75, 3.05) is 33.5 Å². The van der Waals surface area contributed by atoms with Crippen LogP contribution in [0.4, 0.5) is 4.79 Å². The fourth-order valence-corrected chi connectivity index (χ4v) is 10.5. The Hall–Kier alpha value is -3.31. The lowest BCUT2D eigenvalue weighted by molar-refractivity contribution is -0.223. The molecule has 0 saturated heterocycles. The normalized spacial score (nSPS) is 24.2. The van der Waals surface area contributed by atoms with Crippen LogP contribution in [0.3, 0.4) is 0 Å². The lowest BCUT2D eigenvalue weighted by Gasteiger charge is -2.58. The van der Waals surface area contributed by atoms with Crippen LogP contribution in [0.2, 0.25) is 0 Å². The molecule has 1 fully saturated rings. The average molecular weight is 805 g/mol. The number of nitrogens with one attached hydrogen (secondary N) is 1. The molecule has 314 valence electrons. The van der Waals surface area contributed by atoms with E-state index in [1.165, 1.54) is 51.4 Å². The zero-order valence-electron chi connectivity index (χ0n) is 34.5. The van der Waals surface area contributed by atoms with Crippen LogP contribution < -0.4 is 14.8 Å². The summed E-state index contributed by atoms with van der Waals surface area (Å²) in [5.41, 5.74) is 2.92. The summed E-state index contributed by atoms with van der Waals surface area (Å²) < 4.78 is 20.2. The zero-order chi connectivity index (χ0) is 40.3. The first-order valence-electron chi connectivity index (χ1n) is 21.8. The molecule has 1 saturated carbocycles. The van der Waals surface area contributed by atoms with Gasteiger partial charge in [-0.15, -0.1) is 18.3 Å². The number of hydrogen-bond acceptors (Lipinski definition) is 9. The van der Waals surface area contributed by atoms with Crippen molar-refractivity contribution in [1.29, 1.82) is 0 Å². The number of carbonyl (C=O) groups excluding carboxylic acids is 1. The predicted molar refractivity (Wildman–Crippen MR) is 230 cm³/mol. The van der Waals surface area contributed by atoms with Gasteiger partial charge in [-0.3, -0.25) is 0 Å². The molecule has 5 rings (SSSR count). The molecule has 0 spiro atoms. The van der Waals surface area contributed by atoms with Gasteiger partial charge in [-0.25, -0.2) is 4.79 Å². The molecule has 2 aromatic carbocycles. The molecule has 9 nitrogen and oxygen atoms in total. The van der Waals surface area contributed by atoms with E-state index in [0.717, 1.165) is 66.7 Å². The molecule has 1 aliphatic heterocycles. The number of oxime groups is 1. The van der Waals surface area contributed by atoms with Crippen LogP contribution >= 0.6 is 11.8 Å². The summed E-state index contributed by atoms with van der Waals surface area (Å²) in [5, 5.41) is 27.1. The molecule has 10 heteroatoms. The Balaban J connectivity index is 1.45. The Kier molecular flexibility index (Phi) is 18.8. The van der Waals surface area contributed by atoms with Crippen molar-refractivity contribution in [3.8, 4) is 11.5 Å². The molecule has 3 N–H and O–H groups in total. The standard InChI is InChI=1S/C47H68N2O7S/c1-4-6-7-8-9-10-11-12-13-19-28-48-46(52)55-36-26-27-42-40(33-36)44-38(25-18-21-30-51)35(22-17-20-29-50)32-39-41(49-53-3)34-43(57-37-23-15-14-16-24-37)47(56-42,45(39)44)54-31-5-2/h5,14-16,23-24,26-27,32-33,35,38,43-45,50-51H,2,4,6-13,17-22,25,28-31,34H2,1,3H3,(H,48,52). The van der Waals surface area contributed by atoms with Crippen LogP contribution in [0, 0.1) is 17.8 Å². The highest BCUT2D eigenvalue weighted by molar-refractivity contribution is 8.00. The van der Waals surface area contributed by atoms with E-state index in [-0.39, 0.29) is 42.1 Å². The number of amides is 1. The lowest BCUT2D eigenvalue weighted by atomic mass is 9.56. The number of rotatable bonds is 26. The van der Waals surface area contributed by atoms with Gasteiger partial charge in [-0.1, -0.05) is 113 Å². The van der Waals surface area contributed by atoms with Crippen LogP contribution in [-0.2, 0) is 9.57 Å². The second kappa shape index (κ2) is 23.9. The molecule has 0 aromatic heterocycles. The maximum Gasteiger partial charge on any atom is 0.412 e. The van der Waals surface area contributed by atoms with Crippen molar-refractivity contribution in [2.45, 2.75) is 138 Å². The first-order chi connectivity index (χ1) is 28.0. The van der Waals surface area contributed by atoms with Crippen LogP contribution in [0.5, 0.6) is 11.5 Å². The SMILES string of the molecule is C=CCOC12Oc3ccc(OC(=O)NCCCCCCCCCCCC)cc3C3C(CCCCO)C(CCCCO)C=C(C(=NOC)CC1Sc1ccccc1)C32. The maximum atomic E-state index is 13.1. The van der Waals surface area contributed by atoms with Gasteiger partial charge >= 0.3 is 6.09 Å². The first kappa shape index (κ1) is 44.8. The second-order valence-corrected chi connectivity index (χ2v) is 17.1. The quantitative estimate of drug-likeness (QED) is 0.0489. The van der Waals surface area contributed by atoms with E-state index in [1.54, 1.807) is 24.9 Å². The van der Waals surface area contributed by atoms with E-state index in [1.807, 2.05) is 36.4 Å². The molecule has 57 heavy (non-hydrogen) atoms. The van der Waals surface area contributed by atoms with E-state index in [9.17, 15) is 15.0 Å². The number of fused-ring (bicyclic) bond motifs is 2. The van der Waals surface area contributed by atoms with Crippen molar-refractivity contribution < 1.29 is 34.1 Å². The van der Waals surface area contributed by atoms with E-state index in [4.69, 9.17) is 19.0 Å². The molecule has 6 unspecified atom stereocenters. The average Bonchev–Trinajstić information content (AvgIpc) is 3.22. The lowest BCUT2D eigenvalue weighted by Crippen LogP contribution is -2.64. The monoisotopic (exact) mass is 804 g/mol. The molecule has 0 radical (unpaired) electrons. The fourth-order valence-electron chi connectivity index (χ4n) is 9.21. The second-order valence-electron chi connectivity index (χ2n) is 15.9. The largest absolute Gasteiger partial charge is 0.460 e. The van der Waals surface area contributed by atoms with Crippen molar-refractivity contribution >= 4 is 23.6 Å². The number of nitrogens with zero attached hydrogens (tertiary/aromatic N) is 1. The van der Waals surface area contributed by atoms with Gasteiger partial charge in [0.2, 0.25) is 5.79 Å². The maximum absolute atomic E-state index is 13.1. The Morgan fingerprint density at radius 3 is 2.33 bits per heavy atom. The molecule has 2 aliphatic carbocycles. The Labute approximate surface area is 346 Å². The van der Waals surface area contributed by atoms with Crippen LogP contribution in [0.15, 0.2) is 82.9 Å². The molecular weight excluding hydrogens is 737 g/mol. The molecule has 1 heterocycles. The number of aliphatic hydroxyl groups excluding tert-OH is 2. The summed E-state index contributed by atoms with van der Waals surface area (Å²) in [5.74, 6) is 0.0821. The third-order valence-electron chi connectivity index (χ3n) is 11.9. The van der Waals surface area contributed by atoms with Gasteiger partial charge in [-0.2, -0.15) is 0 Å². The summed E-state index contributed by atoms with van der Waals surface area (Å²) in [7, 11) is 1.59. The summed E-state index contributed by atoms with van der Waals surface area (Å²) in [6.45, 7) is 7.43. The van der Waals surface area contributed by atoms with Crippen LogP contribution in [0.1, 0.15) is 128 Å². The van der Waals surface area contributed by atoms with Gasteiger partial charge in [0.15, 0.2) is 0 Å². The summed E-state index contributed by atoms with van der Waals surface area (Å²) in [6, 6.07) is 16.1. The van der Waals surface area contributed by atoms with Gasteiger partial charge in [0.05, 0.1) is 23.5 Å². The Bertz CT molecular complexity index is 1580. The first-order valence-corrected chi connectivity index (χ1v) is 22.7. The number of allylic oxidation sites excluding steroid dienone is 1. The number of benzene rings is 2. The van der Waals surface area contributed by atoms with E-state index in [2.05, 4.69) is 42.2 Å². The molecule has 6 atom stereocenters. The molecule has 1 amide bonds. The van der Waals surface area contributed by atoms with Crippen molar-refractivity contribution in [2.24, 2.45) is 22.9 Å². The smallest absolute Gasteiger partial charge is 0.412 e. The highest BCUT2D eigenvalue weighted by Gasteiger charge is 2.64. The minimum Gasteiger partial charge on any atom is -0.460 e. The summed E-state index contributed by atoms with van der Waals surface area (Å²) >= 11 is 1.73. The van der Waals surface area contributed by atoms with Gasteiger partial charge in [0, 0.05) is 42.6 Å². The van der Waals surface area contributed by atoms with Crippen molar-refractivity contribution in [3.05, 3.63) is 78.4 Å².